The molecule has 2 rings (SSSR count). The van der Waals surface area contributed by atoms with Gasteiger partial charge in [-0.2, -0.15) is 10.2 Å². The topological polar surface area (TPSA) is 70.1 Å². The summed E-state index contributed by atoms with van der Waals surface area (Å²) in [5.74, 6) is 0. The van der Waals surface area contributed by atoms with Crippen LogP contribution in [0.1, 0.15) is 5.56 Å². The zero-order valence-electron chi connectivity index (χ0n) is 9.88. The molecule has 96 valence electrons. The molecule has 0 atom stereocenters. The van der Waals surface area contributed by atoms with Gasteiger partial charge in [-0.1, -0.05) is 48.0 Å². The molecule has 0 radical (unpaired) electrons. The van der Waals surface area contributed by atoms with E-state index in [0.29, 0.717) is 5.69 Å². The minimum Gasteiger partial charge on any atom is -0.275 e. The zero-order valence-corrected chi connectivity index (χ0v) is 10.6. The number of halogens is 1. The number of hydrogen-bond donors (Lipinski definition) is 2. The number of aromatic nitrogens is 2. The molecule has 5 nitrogen and oxygen atoms in total. The Labute approximate surface area is 114 Å². The second-order valence-electron chi connectivity index (χ2n) is 3.59. The molecular weight excluding hydrogens is 264 g/mol. The minimum atomic E-state index is -0.457. The third-order valence-corrected chi connectivity index (χ3v) is 2.60. The van der Waals surface area contributed by atoms with Gasteiger partial charge in [-0.3, -0.25) is 10.2 Å². The molecule has 6 heteroatoms. The fourth-order valence-corrected chi connectivity index (χ4v) is 1.46. The van der Waals surface area contributed by atoms with Gasteiger partial charge in [0.05, 0.1) is 6.20 Å². The lowest BCUT2D eigenvalue weighted by molar-refractivity contribution is 0.987. The maximum atomic E-state index is 11.2. The third kappa shape index (κ3) is 3.79. The highest BCUT2D eigenvalue weighted by molar-refractivity contribution is 6.32. The summed E-state index contributed by atoms with van der Waals surface area (Å²) in [5.41, 5.74) is 3.62. The van der Waals surface area contributed by atoms with Gasteiger partial charge in [0.15, 0.2) is 0 Å². The first-order valence-electron chi connectivity index (χ1n) is 5.51. The predicted molar refractivity (Wildman–Crippen MR) is 77.5 cm³/mol. The highest BCUT2D eigenvalue weighted by Crippen LogP contribution is 2.13. The normalized spacial score (nSPS) is 11.2. The maximum absolute atomic E-state index is 11.2. The summed E-state index contributed by atoms with van der Waals surface area (Å²) in [5, 5.41) is 9.78. The van der Waals surface area contributed by atoms with Crippen molar-refractivity contribution >= 4 is 29.6 Å². The molecule has 0 fully saturated rings. The summed E-state index contributed by atoms with van der Waals surface area (Å²) < 4.78 is 0. The summed E-state index contributed by atoms with van der Waals surface area (Å²) in [7, 11) is 0. The summed E-state index contributed by atoms with van der Waals surface area (Å²) in [4.78, 5) is 11.2. The van der Waals surface area contributed by atoms with E-state index < -0.39 is 5.56 Å². The van der Waals surface area contributed by atoms with E-state index in [4.69, 9.17) is 11.6 Å². The first-order valence-corrected chi connectivity index (χ1v) is 5.89. The number of hydrogen-bond acceptors (Lipinski definition) is 4. The van der Waals surface area contributed by atoms with Crippen molar-refractivity contribution in [1.82, 2.24) is 10.2 Å². The molecule has 0 aliphatic carbocycles. The lowest BCUT2D eigenvalue weighted by Crippen LogP contribution is -2.09. The Balaban J connectivity index is 1.96. The molecule has 0 unspecified atom stereocenters. The lowest BCUT2D eigenvalue weighted by Gasteiger charge is -1.99. The average molecular weight is 275 g/mol. The Morgan fingerprint density at radius 1 is 1.32 bits per heavy atom. The average Bonchev–Trinajstić information content (AvgIpc) is 2.44. The van der Waals surface area contributed by atoms with Crippen LogP contribution in [-0.2, 0) is 0 Å². The van der Waals surface area contributed by atoms with Gasteiger partial charge in [0, 0.05) is 6.21 Å². The fraction of sp³-hybridized carbons (Fsp3) is 0. The Kier molecular flexibility index (Phi) is 4.47. The van der Waals surface area contributed by atoms with Crippen LogP contribution in [0.25, 0.3) is 6.08 Å². The van der Waals surface area contributed by atoms with Crippen molar-refractivity contribution in [2.75, 3.05) is 5.43 Å². The van der Waals surface area contributed by atoms with Gasteiger partial charge < -0.3 is 0 Å². The molecule has 2 N–H and O–H groups in total. The first-order chi connectivity index (χ1) is 9.27. The number of rotatable bonds is 4. The van der Waals surface area contributed by atoms with Crippen LogP contribution in [0.4, 0.5) is 5.69 Å². The van der Waals surface area contributed by atoms with Gasteiger partial charge in [0.25, 0.3) is 5.56 Å². The van der Waals surface area contributed by atoms with Crippen LogP contribution in [0.2, 0.25) is 5.02 Å². The number of nitrogens with one attached hydrogen (secondary N) is 2. The molecule has 0 saturated carbocycles. The fourth-order valence-electron chi connectivity index (χ4n) is 1.33. The second-order valence-corrected chi connectivity index (χ2v) is 3.96. The second kappa shape index (κ2) is 6.51. The monoisotopic (exact) mass is 274 g/mol. The largest absolute Gasteiger partial charge is 0.285 e. The smallest absolute Gasteiger partial charge is 0.275 e. The van der Waals surface area contributed by atoms with Crippen molar-refractivity contribution in [1.29, 1.82) is 0 Å². The molecule has 19 heavy (non-hydrogen) atoms. The van der Waals surface area contributed by atoms with Crippen LogP contribution in [0.5, 0.6) is 0 Å². The molecule has 1 aromatic heterocycles. The molecule has 0 spiro atoms. The minimum absolute atomic E-state index is 0.0270. The Hall–Kier alpha value is -2.40. The van der Waals surface area contributed by atoms with Crippen LogP contribution in [-0.4, -0.2) is 16.4 Å². The zero-order chi connectivity index (χ0) is 13.5. The SMILES string of the molecule is O=c1[nH]ncc(NN=CC=Cc2ccccc2)c1Cl. The number of allylic oxidation sites excluding steroid dienone is 1. The van der Waals surface area contributed by atoms with Crippen LogP contribution < -0.4 is 11.0 Å². The quantitative estimate of drug-likeness (QED) is 0.665. The molecule has 0 amide bonds. The number of H-pyrrole nitrogens is 1. The van der Waals surface area contributed by atoms with Gasteiger partial charge >= 0.3 is 0 Å². The van der Waals surface area contributed by atoms with Crippen molar-refractivity contribution in [2.45, 2.75) is 0 Å². The van der Waals surface area contributed by atoms with Crippen LogP contribution in [0.3, 0.4) is 0 Å². The molecule has 0 saturated heterocycles. The van der Waals surface area contributed by atoms with E-state index in [0.717, 1.165) is 5.56 Å². The number of hydrazone groups is 1. The number of nitrogens with zero attached hydrogens (tertiary/aromatic N) is 2. The molecule has 1 aromatic carbocycles. The van der Waals surface area contributed by atoms with Gasteiger partial charge in [-0.25, -0.2) is 5.10 Å². The number of anilines is 1. The van der Waals surface area contributed by atoms with E-state index in [2.05, 4.69) is 20.7 Å². The summed E-state index contributed by atoms with van der Waals surface area (Å²) in [6.45, 7) is 0. The molecule has 2 aromatic rings. The van der Waals surface area contributed by atoms with E-state index >= 15 is 0 Å². The number of aromatic amines is 1. The van der Waals surface area contributed by atoms with Crippen LogP contribution in [0.15, 0.2) is 52.5 Å². The molecule has 0 bridgehead atoms. The van der Waals surface area contributed by atoms with E-state index in [9.17, 15) is 4.79 Å². The summed E-state index contributed by atoms with van der Waals surface area (Å²) in [6, 6.07) is 9.83. The van der Waals surface area contributed by atoms with Gasteiger partial charge in [0.2, 0.25) is 0 Å². The third-order valence-electron chi connectivity index (χ3n) is 2.23. The van der Waals surface area contributed by atoms with Crippen molar-refractivity contribution in [3.63, 3.8) is 0 Å². The molecule has 0 aliphatic rings. The lowest BCUT2D eigenvalue weighted by atomic mass is 10.2. The van der Waals surface area contributed by atoms with Crippen molar-refractivity contribution in [3.05, 3.63) is 63.5 Å². The van der Waals surface area contributed by atoms with E-state index in [1.165, 1.54) is 6.20 Å². The molecule has 1 heterocycles. The van der Waals surface area contributed by atoms with Gasteiger partial charge in [-0.05, 0) is 11.6 Å². The van der Waals surface area contributed by atoms with E-state index in [-0.39, 0.29) is 5.02 Å². The van der Waals surface area contributed by atoms with Crippen molar-refractivity contribution < 1.29 is 0 Å². The first kappa shape index (κ1) is 13.0. The highest BCUT2D eigenvalue weighted by Gasteiger charge is 2.02. The summed E-state index contributed by atoms with van der Waals surface area (Å²) in [6.07, 6.45) is 6.63. The Morgan fingerprint density at radius 3 is 2.89 bits per heavy atom. The van der Waals surface area contributed by atoms with E-state index in [1.807, 2.05) is 36.4 Å². The van der Waals surface area contributed by atoms with Crippen molar-refractivity contribution in [3.8, 4) is 0 Å². The number of benzene rings is 1. The highest BCUT2D eigenvalue weighted by atomic mass is 35.5. The Morgan fingerprint density at radius 2 is 2.11 bits per heavy atom. The molecule has 0 aliphatic heterocycles. The Bertz CT molecular complexity index is 649. The predicted octanol–water partition coefficient (Wildman–Crippen LogP) is 2.53. The van der Waals surface area contributed by atoms with Gasteiger partial charge in [-0.15, -0.1) is 0 Å². The van der Waals surface area contributed by atoms with Crippen LogP contribution >= 0.6 is 11.6 Å². The molecular formula is C13H11ClN4O. The van der Waals surface area contributed by atoms with Crippen molar-refractivity contribution in [2.24, 2.45) is 5.10 Å². The van der Waals surface area contributed by atoms with E-state index in [1.54, 1.807) is 12.3 Å². The van der Waals surface area contributed by atoms with Crippen LogP contribution in [0, 0.1) is 0 Å². The van der Waals surface area contributed by atoms with Gasteiger partial charge in [0.1, 0.15) is 10.7 Å². The standard InChI is InChI=1S/C13H11ClN4O/c14-12-11(9-16-18-13(12)19)17-15-8-4-7-10-5-2-1-3-6-10/h1-9H,(H2,17,18,19). The maximum Gasteiger partial charge on any atom is 0.285 e. The summed E-state index contributed by atoms with van der Waals surface area (Å²) >= 11 is 5.76.